The number of carboxylic acids is 1. The van der Waals surface area contributed by atoms with Crippen LogP contribution in [0, 0.1) is 24.2 Å². The Hall–Kier alpha value is -2.65. The number of ether oxygens (including phenoxy) is 1. The predicted molar refractivity (Wildman–Crippen MR) is 88.8 cm³/mol. The highest BCUT2D eigenvalue weighted by molar-refractivity contribution is 7.17. The lowest BCUT2D eigenvalue weighted by Gasteiger charge is -2.11. The first-order valence-electron chi connectivity index (χ1n) is 6.96. The van der Waals surface area contributed by atoms with Gasteiger partial charge in [-0.05, 0) is 25.1 Å². The lowest BCUT2D eigenvalue weighted by atomic mass is 10.1. The molecule has 0 aliphatic rings. The highest BCUT2D eigenvalue weighted by Crippen LogP contribution is 2.31. The summed E-state index contributed by atoms with van der Waals surface area (Å²) in [4.78, 5) is 15.6. The topological polar surface area (TPSA) is 83.2 Å². The van der Waals surface area contributed by atoms with Gasteiger partial charge in [0.2, 0.25) is 0 Å². The summed E-state index contributed by atoms with van der Waals surface area (Å²) in [6, 6.07) is 7.25. The minimum atomic E-state index is -0.995. The van der Waals surface area contributed by atoms with Gasteiger partial charge in [0.1, 0.15) is 21.7 Å². The summed E-state index contributed by atoms with van der Waals surface area (Å²) in [6.45, 7) is 7.76. The molecule has 5 nitrogen and oxygen atoms in total. The van der Waals surface area contributed by atoms with Crippen LogP contribution in [0.2, 0.25) is 0 Å². The van der Waals surface area contributed by atoms with Crippen molar-refractivity contribution in [2.24, 2.45) is 5.92 Å². The smallest absolute Gasteiger partial charge is 0.347 e. The fraction of sp³-hybridized carbons (Fsp3) is 0.235. The van der Waals surface area contributed by atoms with E-state index in [0.717, 1.165) is 11.3 Å². The van der Waals surface area contributed by atoms with Crippen LogP contribution >= 0.6 is 11.3 Å². The second-order valence-corrected chi connectivity index (χ2v) is 6.08. The molecule has 23 heavy (non-hydrogen) atoms. The summed E-state index contributed by atoms with van der Waals surface area (Å²) in [5.41, 5.74) is 1.56. The maximum Gasteiger partial charge on any atom is 0.347 e. The maximum absolute atomic E-state index is 11.1. The number of thiazole rings is 1. The van der Waals surface area contributed by atoms with Crippen LogP contribution in [0.4, 0.5) is 0 Å². The number of carboxylic acid groups (broad SMARTS) is 1. The van der Waals surface area contributed by atoms with E-state index in [1.54, 1.807) is 31.2 Å². The summed E-state index contributed by atoms with van der Waals surface area (Å²) < 4.78 is 5.63. The molecule has 0 saturated carbocycles. The Bertz CT molecular complexity index is 790. The van der Waals surface area contributed by atoms with E-state index in [1.165, 1.54) is 0 Å². The summed E-state index contributed by atoms with van der Waals surface area (Å²) in [6.07, 6.45) is 1.78. The van der Waals surface area contributed by atoms with E-state index < -0.39 is 5.97 Å². The lowest BCUT2D eigenvalue weighted by Crippen LogP contribution is -2.06. The van der Waals surface area contributed by atoms with Crippen LogP contribution in [0.25, 0.3) is 10.6 Å². The van der Waals surface area contributed by atoms with Crippen LogP contribution in [0.5, 0.6) is 5.75 Å². The monoisotopic (exact) mass is 328 g/mol. The molecule has 118 valence electrons. The summed E-state index contributed by atoms with van der Waals surface area (Å²) in [7, 11) is 0. The van der Waals surface area contributed by atoms with Gasteiger partial charge in [-0.25, -0.2) is 9.78 Å². The van der Waals surface area contributed by atoms with Gasteiger partial charge in [0.25, 0.3) is 0 Å². The number of hydrogen-bond donors (Lipinski definition) is 1. The quantitative estimate of drug-likeness (QED) is 0.813. The lowest BCUT2D eigenvalue weighted by molar-refractivity contribution is 0.0701. The number of benzene rings is 1. The van der Waals surface area contributed by atoms with Gasteiger partial charge >= 0.3 is 5.97 Å². The zero-order valence-corrected chi connectivity index (χ0v) is 13.7. The standard InChI is InChI=1S/C17H16N2O3S/c1-4-10(2)9-22-14-6-5-12(7-13(14)8-18)16-19-11(3)15(23-16)17(20)21/h4-7,10H,1,9H2,2-3H3,(H,20,21). The van der Waals surface area contributed by atoms with Crippen LogP contribution in [0.15, 0.2) is 30.9 Å². The number of rotatable bonds is 6. The number of aromatic nitrogens is 1. The van der Waals surface area contributed by atoms with Gasteiger partial charge in [-0.1, -0.05) is 13.0 Å². The summed E-state index contributed by atoms with van der Waals surface area (Å²) in [5, 5.41) is 19.0. The number of nitrogens with zero attached hydrogens (tertiary/aromatic N) is 2. The highest BCUT2D eigenvalue weighted by Gasteiger charge is 2.16. The normalized spacial score (nSPS) is 11.5. The maximum atomic E-state index is 11.1. The third-order valence-electron chi connectivity index (χ3n) is 3.24. The van der Waals surface area contributed by atoms with Gasteiger partial charge in [-0.3, -0.25) is 0 Å². The second-order valence-electron chi connectivity index (χ2n) is 5.09. The fourth-order valence-corrected chi connectivity index (χ4v) is 2.79. The zero-order valence-electron chi connectivity index (χ0n) is 12.9. The van der Waals surface area contributed by atoms with Gasteiger partial charge in [0, 0.05) is 11.5 Å². The van der Waals surface area contributed by atoms with E-state index in [-0.39, 0.29) is 10.8 Å². The van der Waals surface area contributed by atoms with Crippen LogP contribution in [-0.2, 0) is 0 Å². The van der Waals surface area contributed by atoms with E-state index in [9.17, 15) is 10.1 Å². The molecule has 0 aliphatic heterocycles. The van der Waals surface area contributed by atoms with E-state index in [0.29, 0.717) is 34.2 Å². The summed E-state index contributed by atoms with van der Waals surface area (Å²) in [5.74, 6) is -0.317. The average molecular weight is 328 g/mol. The van der Waals surface area contributed by atoms with Crippen molar-refractivity contribution in [2.45, 2.75) is 13.8 Å². The number of carbonyl (C=O) groups is 1. The van der Waals surface area contributed by atoms with E-state index >= 15 is 0 Å². The van der Waals surface area contributed by atoms with E-state index in [2.05, 4.69) is 17.6 Å². The number of hydrogen-bond acceptors (Lipinski definition) is 5. The van der Waals surface area contributed by atoms with Crippen molar-refractivity contribution in [3.8, 4) is 22.4 Å². The zero-order chi connectivity index (χ0) is 17.0. The van der Waals surface area contributed by atoms with Gasteiger partial charge in [-0.15, -0.1) is 17.9 Å². The molecule has 1 unspecified atom stereocenters. The van der Waals surface area contributed by atoms with Gasteiger partial charge in [0.15, 0.2) is 0 Å². The molecule has 2 rings (SSSR count). The fourth-order valence-electron chi connectivity index (χ4n) is 1.88. The van der Waals surface area contributed by atoms with Crippen molar-refractivity contribution in [2.75, 3.05) is 6.61 Å². The highest BCUT2D eigenvalue weighted by atomic mass is 32.1. The molecule has 0 saturated heterocycles. The van der Waals surface area contributed by atoms with Crippen LogP contribution in [0.1, 0.15) is 27.9 Å². The Kier molecular flexibility index (Phi) is 5.14. The van der Waals surface area contributed by atoms with Gasteiger partial charge in [0.05, 0.1) is 17.9 Å². The molecule has 6 heteroatoms. The Morgan fingerprint density at radius 1 is 1.61 bits per heavy atom. The van der Waals surface area contributed by atoms with Crippen LogP contribution < -0.4 is 4.74 Å². The Balaban J connectivity index is 2.32. The molecule has 2 aromatic rings. The van der Waals surface area contributed by atoms with E-state index in [4.69, 9.17) is 9.84 Å². The SMILES string of the molecule is C=CC(C)COc1ccc(-c2nc(C)c(C(=O)O)s2)cc1C#N. The first-order valence-corrected chi connectivity index (χ1v) is 7.78. The second kappa shape index (κ2) is 7.07. The molecule has 0 fully saturated rings. The summed E-state index contributed by atoms with van der Waals surface area (Å²) >= 11 is 1.09. The van der Waals surface area contributed by atoms with Gasteiger partial charge < -0.3 is 9.84 Å². The molecule has 0 aliphatic carbocycles. The predicted octanol–water partition coefficient (Wildman–Crippen LogP) is 3.89. The number of aromatic carboxylic acids is 1. The molecule has 1 heterocycles. The Labute approximate surface area is 138 Å². The molecule has 0 spiro atoms. The van der Waals surface area contributed by atoms with Crippen LogP contribution in [0.3, 0.4) is 0 Å². The molecular weight excluding hydrogens is 312 g/mol. The Morgan fingerprint density at radius 2 is 2.35 bits per heavy atom. The first kappa shape index (κ1) is 16.7. The Morgan fingerprint density at radius 3 is 2.91 bits per heavy atom. The van der Waals surface area contributed by atoms with Gasteiger partial charge in [-0.2, -0.15) is 5.26 Å². The molecule has 1 aromatic heterocycles. The van der Waals surface area contributed by atoms with Crippen molar-refractivity contribution >= 4 is 17.3 Å². The molecule has 0 amide bonds. The molecule has 0 bridgehead atoms. The third-order valence-corrected chi connectivity index (χ3v) is 4.44. The molecule has 1 N–H and O–H groups in total. The minimum Gasteiger partial charge on any atom is -0.492 e. The van der Waals surface area contributed by atoms with Crippen LogP contribution in [-0.4, -0.2) is 22.7 Å². The van der Waals surface area contributed by atoms with Crippen molar-refractivity contribution in [3.05, 3.63) is 47.0 Å². The minimum absolute atomic E-state index is 0.181. The van der Waals surface area contributed by atoms with Crippen molar-refractivity contribution < 1.29 is 14.6 Å². The number of aryl methyl sites for hydroxylation is 1. The largest absolute Gasteiger partial charge is 0.492 e. The van der Waals surface area contributed by atoms with Crippen molar-refractivity contribution in [1.82, 2.24) is 4.98 Å². The number of nitriles is 1. The molecule has 1 aromatic carbocycles. The molecular formula is C17H16N2O3S. The van der Waals surface area contributed by atoms with E-state index in [1.807, 2.05) is 6.92 Å². The van der Waals surface area contributed by atoms with Crippen molar-refractivity contribution in [1.29, 1.82) is 5.26 Å². The average Bonchev–Trinajstić information content (AvgIpc) is 2.94. The first-order chi connectivity index (χ1) is 11.0. The molecule has 0 radical (unpaired) electrons. The third kappa shape index (κ3) is 3.76. The van der Waals surface area contributed by atoms with Crippen molar-refractivity contribution in [3.63, 3.8) is 0 Å². The molecule has 1 atom stereocenters.